The fraction of sp³-hybridized carbons (Fsp3) is 0.786. The Morgan fingerprint density at radius 3 is 1.83 bits per heavy atom. The van der Waals surface area contributed by atoms with Crippen molar-refractivity contribution in [1.82, 2.24) is 0 Å². The van der Waals surface area contributed by atoms with Crippen molar-refractivity contribution >= 4 is 40.2 Å². The molecule has 6 nitrogen and oxygen atoms in total. The second-order valence-electron chi connectivity index (χ2n) is 7.57. The highest BCUT2D eigenvalue weighted by molar-refractivity contribution is 6.93. The Balaban J connectivity index is 2.75. The van der Waals surface area contributed by atoms with Gasteiger partial charge in [-0.05, 0) is 58.3 Å². The van der Waals surface area contributed by atoms with E-state index in [-0.39, 0.29) is 12.6 Å². The lowest BCUT2D eigenvalue weighted by atomic mass is 10.3. The summed E-state index contributed by atoms with van der Waals surface area (Å²) in [6.45, 7) is 18.1. The van der Waals surface area contributed by atoms with Crippen molar-refractivity contribution < 1.29 is 26.0 Å². The zero-order valence-corrected chi connectivity index (χ0v) is 20.1. The average Bonchev–Trinajstić information content (AvgIpc) is 2.29. The normalized spacial score (nSPS) is 24.5. The molecule has 1 rings (SSSR count). The Labute approximate surface area is 150 Å². The van der Waals surface area contributed by atoms with E-state index in [9.17, 15) is 4.79 Å². The molecular formula is C14H32O6Si4. The van der Waals surface area contributed by atoms with E-state index in [1.807, 2.05) is 39.3 Å². The number of rotatable bonds is 6. The van der Waals surface area contributed by atoms with Crippen LogP contribution in [0.2, 0.25) is 51.9 Å². The van der Waals surface area contributed by atoms with E-state index in [4.69, 9.17) is 21.2 Å². The number of ether oxygens (including phenoxy) is 1. The first-order valence-electron chi connectivity index (χ1n) is 8.35. The van der Waals surface area contributed by atoms with Crippen molar-refractivity contribution in [3.8, 4) is 0 Å². The maximum absolute atomic E-state index is 11.6. The Hall–Kier alpha value is -0.0825. The molecule has 1 heterocycles. The Bertz CT molecular complexity index is 444. The first-order valence-corrected chi connectivity index (χ1v) is 19.3. The van der Waals surface area contributed by atoms with Gasteiger partial charge in [0.1, 0.15) is 6.61 Å². The molecule has 0 aromatic heterocycles. The second-order valence-corrected chi connectivity index (χ2v) is 22.0. The van der Waals surface area contributed by atoms with Crippen LogP contribution in [0.4, 0.5) is 0 Å². The minimum absolute atomic E-state index is 0.215. The van der Waals surface area contributed by atoms with Crippen molar-refractivity contribution in [2.45, 2.75) is 64.7 Å². The van der Waals surface area contributed by atoms with Crippen LogP contribution in [0.3, 0.4) is 0 Å². The van der Waals surface area contributed by atoms with Crippen LogP contribution in [0.1, 0.15) is 12.8 Å². The highest BCUT2D eigenvalue weighted by Gasteiger charge is 2.52. The van der Waals surface area contributed by atoms with Crippen molar-refractivity contribution in [2.24, 2.45) is 0 Å². The Morgan fingerprint density at radius 2 is 1.38 bits per heavy atom. The van der Waals surface area contributed by atoms with Gasteiger partial charge in [0.05, 0.1) is 0 Å². The molecule has 10 heteroatoms. The summed E-state index contributed by atoms with van der Waals surface area (Å²) in [6.07, 6.45) is 2.60. The van der Waals surface area contributed by atoms with Crippen LogP contribution >= 0.6 is 0 Å². The highest BCUT2D eigenvalue weighted by atomic mass is 28.5. The molecule has 1 aliphatic rings. The Kier molecular flexibility index (Phi) is 7.39. The van der Waals surface area contributed by atoms with Crippen LogP contribution in [-0.2, 0) is 26.0 Å². The predicted octanol–water partition coefficient (Wildman–Crippen LogP) is 3.75. The molecule has 140 valence electrons. The van der Waals surface area contributed by atoms with E-state index < -0.39 is 34.2 Å². The molecule has 1 saturated heterocycles. The van der Waals surface area contributed by atoms with Crippen LogP contribution in [-0.4, -0.2) is 46.8 Å². The predicted molar refractivity (Wildman–Crippen MR) is 104 cm³/mol. The first-order chi connectivity index (χ1) is 10.8. The lowest BCUT2D eigenvalue weighted by Crippen LogP contribution is -2.65. The number of carbonyl (C=O) groups is 1. The summed E-state index contributed by atoms with van der Waals surface area (Å²) in [7, 11) is -9.42. The Morgan fingerprint density at radius 1 is 0.917 bits per heavy atom. The minimum Gasteiger partial charge on any atom is -0.461 e. The van der Waals surface area contributed by atoms with E-state index in [1.54, 1.807) is 6.08 Å². The van der Waals surface area contributed by atoms with Gasteiger partial charge in [0.15, 0.2) is 0 Å². The maximum Gasteiger partial charge on any atom is 0.317 e. The minimum atomic E-state index is -2.48. The quantitative estimate of drug-likeness (QED) is 0.379. The van der Waals surface area contributed by atoms with Gasteiger partial charge >= 0.3 is 40.2 Å². The van der Waals surface area contributed by atoms with Crippen LogP contribution in [0.25, 0.3) is 0 Å². The largest absolute Gasteiger partial charge is 0.461 e. The molecule has 0 N–H and O–H groups in total. The molecule has 0 aromatic rings. The SMILES string of the molecule is C=CCOC(=O)CCC[Si]1(C)O[Si](C)(C)O[Si](C)(C)O[Si](C)(C)O1. The molecule has 0 spiro atoms. The van der Waals surface area contributed by atoms with Crippen LogP contribution < -0.4 is 0 Å². The maximum atomic E-state index is 11.6. The number of esters is 1. The van der Waals surface area contributed by atoms with E-state index in [0.29, 0.717) is 12.8 Å². The third-order valence-electron chi connectivity index (χ3n) is 3.28. The van der Waals surface area contributed by atoms with E-state index in [0.717, 1.165) is 6.04 Å². The van der Waals surface area contributed by atoms with E-state index in [1.165, 1.54) is 0 Å². The van der Waals surface area contributed by atoms with Gasteiger partial charge in [-0.15, -0.1) is 0 Å². The molecule has 0 aromatic carbocycles. The van der Waals surface area contributed by atoms with Crippen molar-refractivity contribution in [2.75, 3.05) is 6.61 Å². The molecule has 1 fully saturated rings. The number of carbonyl (C=O) groups excluding carboxylic acids is 1. The zero-order chi connectivity index (χ0) is 18.6. The van der Waals surface area contributed by atoms with E-state index in [2.05, 4.69) is 13.1 Å². The van der Waals surface area contributed by atoms with Gasteiger partial charge in [-0.3, -0.25) is 4.79 Å². The summed E-state index contributed by atoms with van der Waals surface area (Å²) in [6, 6.07) is 0.720. The fourth-order valence-electron chi connectivity index (χ4n) is 3.19. The van der Waals surface area contributed by atoms with Gasteiger partial charge in [-0.1, -0.05) is 12.7 Å². The highest BCUT2D eigenvalue weighted by Crippen LogP contribution is 2.33. The zero-order valence-electron chi connectivity index (χ0n) is 16.1. The summed E-state index contributed by atoms with van der Waals surface area (Å²) in [4.78, 5) is 11.6. The van der Waals surface area contributed by atoms with Crippen LogP contribution in [0.5, 0.6) is 0 Å². The first kappa shape index (κ1) is 22.0. The standard InChI is InChI=1S/C14H32O6Si4/c1-9-12-16-14(15)11-10-13-24(8)19-22(4,5)17-21(2,3)18-23(6,7)20-24/h9H,1,10-13H2,2-8H3. The lowest BCUT2D eigenvalue weighted by molar-refractivity contribution is -0.142. The molecular weight excluding hydrogens is 376 g/mol. The van der Waals surface area contributed by atoms with Gasteiger partial charge in [-0.2, -0.15) is 0 Å². The van der Waals surface area contributed by atoms with Gasteiger partial charge in [0, 0.05) is 6.42 Å². The molecule has 0 bridgehead atoms. The van der Waals surface area contributed by atoms with Gasteiger partial charge in [0.25, 0.3) is 0 Å². The third-order valence-corrected chi connectivity index (χ3v) is 19.8. The molecule has 0 unspecified atom stereocenters. The summed E-state index contributed by atoms with van der Waals surface area (Å²) in [5.74, 6) is -0.215. The molecule has 0 saturated carbocycles. The second kappa shape index (κ2) is 8.08. The van der Waals surface area contributed by atoms with Crippen molar-refractivity contribution in [1.29, 1.82) is 0 Å². The number of hydrogen-bond donors (Lipinski definition) is 0. The smallest absolute Gasteiger partial charge is 0.317 e. The molecule has 0 radical (unpaired) electrons. The van der Waals surface area contributed by atoms with Gasteiger partial charge in [0.2, 0.25) is 0 Å². The topological polar surface area (TPSA) is 63.2 Å². The van der Waals surface area contributed by atoms with Crippen molar-refractivity contribution in [3.63, 3.8) is 0 Å². The van der Waals surface area contributed by atoms with Crippen LogP contribution in [0, 0.1) is 0 Å². The third kappa shape index (κ3) is 7.87. The van der Waals surface area contributed by atoms with Crippen LogP contribution in [0.15, 0.2) is 12.7 Å². The lowest BCUT2D eigenvalue weighted by Gasteiger charge is -2.47. The average molecular weight is 409 g/mol. The van der Waals surface area contributed by atoms with Gasteiger partial charge < -0.3 is 21.2 Å². The molecule has 0 amide bonds. The number of hydrogen-bond acceptors (Lipinski definition) is 6. The van der Waals surface area contributed by atoms with Crippen molar-refractivity contribution in [3.05, 3.63) is 12.7 Å². The summed E-state index contributed by atoms with van der Waals surface area (Å²) in [5.41, 5.74) is 0. The summed E-state index contributed by atoms with van der Waals surface area (Å²) >= 11 is 0. The summed E-state index contributed by atoms with van der Waals surface area (Å²) < 4.78 is 30.5. The molecule has 0 atom stereocenters. The molecule has 1 aliphatic heterocycles. The van der Waals surface area contributed by atoms with E-state index >= 15 is 0 Å². The molecule has 0 aliphatic carbocycles. The molecule has 24 heavy (non-hydrogen) atoms. The monoisotopic (exact) mass is 408 g/mol. The summed E-state index contributed by atoms with van der Waals surface area (Å²) in [5, 5.41) is 0. The fourth-order valence-corrected chi connectivity index (χ4v) is 24.8. The van der Waals surface area contributed by atoms with Gasteiger partial charge in [-0.25, -0.2) is 0 Å².